The number of aromatic nitrogens is 2. The molecule has 154 valence electrons. The summed E-state index contributed by atoms with van der Waals surface area (Å²) in [5.41, 5.74) is 3.83. The summed E-state index contributed by atoms with van der Waals surface area (Å²) >= 11 is 0. The number of likely N-dealkylation sites (N-methyl/N-ethyl adjacent to an activating group) is 1. The van der Waals surface area contributed by atoms with Gasteiger partial charge in [-0.1, -0.05) is 55.5 Å². The van der Waals surface area contributed by atoms with Crippen LogP contribution >= 0.6 is 0 Å². The van der Waals surface area contributed by atoms with Gasteiger partial charge in [-0.3, -0.25) is 14.3 Å². The Morgan fingerprint density at radius 1 is 1.10 bits per heavy atom. The second-order valence-electron chi connectivity index (χ2n) is 7.04. The quantitative estimate of drug-likeness (QED) is 0.586. The molecule has 1 heterocycles. The van der Waals surface area contributed by atoms with E-state index in [9.17, 15) is 9.59 Å². The third-order valence-corrected chi connectivity index (χ3v) is 4.69. The molecule has 0 fully saturated rings. The standard InChI is InChI=1S/C24H26N4O2/c1-3-21-11-7-8-12-22(21)26-23(29)18-27(2)24(30)14-13-20-15-25-28(17-20)16-19-9-5-4-6-10-19/h4-15,17H,3,16,18H2,1-2H3,(H,26,29)/b14-13+. The molecule has 1 aromatic heterocycles. The number of rotatable bonds is 8. The molecular weight excluding hydrogens is 376 g/mol. The van der Waals surface area contributed by atoms with Crippen molar-refractivity contribution in [3.8, 4) is 0 Å². The molecule has 2 amide bonds. The van der Waals surface area contributed by atoms with Crippen LogP contribution in [0.5, 0.6) is 0 Å². The van der Waals surface area contributed by atoms with E-state index >= 15 is 0 Å². The predicted octanol–water partition coefficient (Wildman–Crippen LogP) is 3.60. The summed E-state index contributed by atoms with van der Waals surface area (Å²) in [6, 6.07) is 17.7. The van der Waals surface area contributed by atoms with Gasteiger partial charge in [-0.05, 0) is 29.7 Å². The average Bonchev–Trinajstić information content (AvgIpc) is 3.20. The molecule has 6 heteroatoms. The number of hydrogen-bond acceptors (Lipinski definition) is 3. The van der Waals surface area contributed by atoms with Crippen molar-refractivity contribution >= 4 is 23.6 Å². The molecule has 0 bridgehead atoms. The fourth-order valence-corrected chi connectivity index (χ4v) is 3.05. The van der Waals surface area contributed by atoms with Crippen LogP contribution in [0.1, 0.15) is 23.6 Å². The van der Waals surface area contributed by atoms with Crippen molar-refractivity contribution in [2.45, 2.75) is 19.9 Å². The Morgan fingerprint density at radius 2 is 1.83 bits per heavy atom. The summed E-state index contributed by atoms with van der Waals surface area (Å²) in [4.78, 5) is 26.0. The van der Waals surface area contributed by atoms with E-state index in [1.807, 2.05) is 72.4 Å². The molecule has 1 N–H and O–H groups in total. The highest BCUT2D eigenvalue weighted by Gasteiger charge is 2.12. The summed E-state index contributed by atoms with van der Waals surface area (Å²) < 4.78 is 1.82. The zero-order valence-electron chi connectivity index (χ0n) is 17.3. The van der Waals surface area contributed by atoms with Crippen molar-refractivity contribution in [2.24, 2.45) is 0 Å². The highest BCUT2D eigenvalue weighted by atomic mass is 16.2. The Kier molecular flexibility index (Phi) is 7.16. The lowest BCUT2D eigenvalue weighted by Gasteiger charge is -2.16. The number of carbonyl (C=O) groups excluding carboxylic acids is 2. The molecule has 0 radical (unpaired) electrons. The van der Waals surface area contributed by atoms with Gasteiger partial charge in [0.1, 0.15) is 0 Å². The van der Waals surface area contributed by atoms with E-state index in [0.717, 1.165) is 28.8 Å². The molecule has 0 aliphatic heterocycles. The van der Waals surface area contributed by atoms with Gasteiger partial charge in [0.15, 0.2) is 0 Å². The number of nitrogens with zero attached hydrogens (tertiary/aromatic N) is 3. The maximum absolute atomic E-state index is 12.4. The Hall–Kier alpha value is -3.67. The topological polar surface area (TPSA) is 67.2 Å². The minimum absolute atomic E-state index is 0.0194. The molecule has 3 rings (SSSR count). The van der Waals surface area contributed by atoms with Gasteiger partial charge in [-0.2, -0.15) is 5.10 Å². The van der Waals surface area contributed by atoms with E-state index in [1.54, 1.807) is 19.3 Å². The molecule has 6 nitrogen and oxygen atoms in total. The van der Waals surface area contributed by atoms with Crippen LogP contribution in [0.3, 0.4) is 0 Å². The van der Waals surface area contributed by atoms with Gasteiger partial charge in [-0.15, -0.1) is 0 Å². The lowest BCUT2D eigenvalue weighted by molar-refractivity contribution is -0.129. The maximum atomic E-state index is 12.4. The van der Waals surface area contributed by atoms with Crippen molar-refractivity contribution in [3.05, 3.63) is 89.8 Å². The lowest BCUT2D eigenvalue weighted by atomic mass is 10.1. The van der Waals surface area contributed by atoms with Gasteiger partial charge in [0.25, 0.3) is 0 Å². The Balaban J connectivity index is 1.52. The predicted molar refractivity (Wildman–Crippen MR) is 119 cm³/mol. The highest BCUT2D eigenvalue weighted by molar-refractivity contribution is 5.98. The van der Waals surface area contributed by atoms with Gasteiger partial charge >= 0.3 is 0 Å². The van der Waals surface area contributed by atoms with Crippen LogP contribution in [0.15, 0.2) is 73.1 Å². The van der Waals surface area contributed by atoms with E-state index in [4.69, 9.17) is 0 Å². The third kappa shape index (κ3) is 5.91. The second kappa shape index (κ2) is 10.2. The molecule has 0 spiro atoms. The monoisotopic (exact) mass is 402 g/mol. The van der Waals surface area contributed by atoms with Crippen molar-refractivity contribution < 1.29 is 9.59 Å². The maximum Gasteiger partial charge on any atom is 0.246 e. The first-order valence-corrected chi connectivity index (χ1v) is 9.92. The van der Waals surface area contributed by atoms with E-state index in [2.05, 4.69) is 10.4 Å². The number of para-hydroxylation sites is 1. The van der Waals surface area contributed by atoms with Crippen LogP contribution in [0, 0.1) is 0 Å². The largest absolute Gasteiger partial charge is 0.333 e. The van der Waals surface area contributed by atoms with Crippen molar-refractivity contribution in [1.82, 2.24) is 14.7 Å². The highest BCUT2D eigenvalue weighted by Crippen LogP contribution is 2.15. The first-order valence-electron chi connectivity index (χ1n) is 9.92. The molecule has 0 atom stereocenters. The van der Waals surface area contributed by atoms with Crippen LogP contribution in [-0.2, 0) is 22.6 Å². The molecule has 0 aliphatic carbocycles. The number of carbonyl (C=O) groups is 2. The Bertz CT molecular complexity index is 1020. The van der Waals surface area contributed by atoms with Gasteiger partial charge in [0, 0.05) is 30.6 Å². The molecule has 3 aromatic rings. The molecule has 0 aliphatic rings. The zero-order chi connectivity index (χ0) is 21.3. The van der Waals surface area contributed by atoms with Crippen LogP contribution in [0.4, 0.5) is 5.69 Å². The summed E-state index contributed by atoms with van der Waals surface area (Å²) in [6.45, 7) is 2.68. The first kappa shape index (κ1) is 21.0. The van der Waals surface area contributed by atoms with Gasteiger partial charge in [0.05, 0.1) is 19.3 Å². The summed E-state index contributed by atoms with van der Waals surface area (Å²) in [7, 11) is 1.61. The molecule has 0 unspecified atom stereocenters. The van der Waals surface area contributed by atoms with Crippen LogP contribution in [0.25, 0.3) is 6.08 Å². The lowest BCUT2D eigenvalue weighted by Crippen LogP contribution is -2.34. The van der Waals surface area contributed by atoms with Gasteiger partial charge in [-0.25, -0.2) is 0 Å². The van der Waals surface area contributed by atoms with Crippen molar-refractivity contribution in [2.75, 3.05) is 18.9 Å². The number of nitrogens with one attached hydrogen (secondary N) is 1. The number of anilines is 1. The fraction of sp³-hybridized carbons (Fsp3) is 0.208. The average molecular weight is 402 g/mol. The number of hydrogen-bond donors (Lipinski definition) is 1. The first-order chi connectivity index (χ1) is 14.5. The van der Waals surface area contributed by atoms with E-state index in [0.29, 0.717) is 6.54 Å². The van der Waals surface area contributed by atoms with Crippen LogP contribution in [-0.4, -0.2) is 40.1 Å². The molecule has 0 saturated carbocycles. The van der Waals surface area contributed by atoms with E-state index in [-0.39, 0.29) is 18.4 Å². The summed E-state index contributed by atoms with van der Waals surface area (Å²) in [5.74, 6) is -0.472. The SMILES string of the molecule is CCc1ccccc1NC(=O)CN(C)C(=O)/C=C/c1cnn(Cc2ccccc2)c1. The van der Waals surface area contributed by atoms with Crippen LogP contribution < -0.4 is 5.32 Å². The molecule has 2 aromatic carbocycles. The molecule has 0 saturated heterocycles. The Labute approximate surface area is 176 Å². The van der Waals surface area contributed by atoms with Gasteiger partial charge < -0.3 is 10.2 Å². The minimum atomic E-state index is -0.246. The smallest absolute Gasteiger partial charge is 0.246 e. The molecule has 30 heavy (non-hydrogen) atoms. The zero-order valence-corrected chi connectivity index (χ0v) is 17.3. The third-order valence-electron chi connectivity index (χ3n) is 4.69. The normalized spacial score (nSPS) is 10.9. The Morgan fingerprint density at radius 3 is 2.60 bits per heavy atom. The summed E-state index contributed by atoms with van der Waals surface area (Å²) in [6.07, 6.45) is 7.58. The number of aryl methyl sites for hydroxylation is 1. The summed E-state index contributed by atoms with van der Waals surface area (Å²) in [5, 5.41) is 7.20. The van der Waals surface area contributed by atoms with Crippen molar-refractivity contribution in [1.29, 1.82) is 0 Å². The minimum Gasteiger partial charge on any atom is -0.333 e. The van der Waals surface area contributed by atoms with Crippen molar-refractivity contribution in [3.63, 3.8) is 0 Å². The number of benzene rings is 2. The van der Waals surface area contributed by atoms with Crippen LogP contribution in [0.2, 0.25) is 0 Å². The second-order valence-corrected chi connectivity index (χ2v) is 7.04. The fourth-order valence-electron chi connectivity index (χ4n) is 3.05. The number of amides is 2. The van der Waals surface area contributed by atoms with E-state index < -0.39 is 0 Å². The van der Waals surface area contributed by atoms with Gasteiger partial charge in [0.2, 0.25) is 11.8 Å². The molecular formula is C24H26N4O2. The van der Waals surface area contributed by atoms with E-state index in [1.165, 1.54) is 11.0 Å².